The molecule has 1 N–H and O–H groups in total. The molecule has 2 aliphatic carbocycles. The van der Waals surface area contributed by atoms with Crippen LogP contribution in [0.4, 0.5) is 0 Å². The SMILES string of the molecule is CCNC1CCCC1CN(C)C1CCCC(C)C1. The van der Waals surface area contributed by atoms with E-state index in [-0.39, 0.29) is 0 Å². The fraction of sp³-hybridized carbons (Fsp3) is 1.00. The standard InChI is InChI=1S/C16H32N2/c1-4-17-16-10-6-8-14(16)12-18(3)15-9-5-7-13(2)11-15/h13-17H,4-12H2,1-3H3. The Morgan fingerprint density at radius 2 is 1.89 bits per heavy atom. The van der Waals surface area contributed by atoms with Crippen molar-refractivity contribution in [2.45, 2.75) is 70.9 Å². The van der Waals surface area contributed by atoms with E-state index in [0.29, 0.717) is 0 Å². The van der Waals surface area contributed by atoms with Gasteiger partial charge in [0.1, 0.15) is 0 Å². The summed E-state index contributed by atoms with van der Waals surface area (Å²) in [5.74, 6) is 1.84. The zero-order chi connectivity index (χ0) is 13.0. The average Bonchev–Trinajstić information content (AvgIpc) is 2.77. The fourth-order valence-electron chi connectivity index (χ4n) is 4.11. The summed E-state index contributed by atoms with van der Waals surface area (Å²) < 4.78 is 0. The van der Waals surface area contributed by atoms with Crippen molar-refractivity contribution in [3.05, 3.63) is 0 Å². The summed E-state index contributed by atoms with van der Waals surface area (Å²) in [5, 5.41) is 3.68. The van der Waals surface area contributed by atoms with Crippen molar-refractivity contribution < 1.29 is 0 Å². The molecule has 0 heterocycles. The highest BCUT2D eigenvalue weighted by Gasteiger charge is 2.30. The van der Waals surface area contributed by atoms with Gasteiger partial charge in [0.2, 0.25) is 0 Å². The second kappa shape index (κ2) is 6.91. The zero-order valence-electron chi connectivity index (χ0n) is 12.6. The molecule has 0 aromatic carbocycles. The molecule has 2 heteroatoms. The molecule has 0 aromatic rings. The molecule has 0 saturated heterocycles. The largest absolute Gasteiger partial charge is 0.314 e. The van der Waals surface area contributed by atoms with Gasteiger partial charge in [0.05, 0.1) is 0 Å². The molecule has 0 aliphatic heterocycles. The number of rotatable bonds is 5. The first-order valence-electron chi connectivity index (χ1n) is 8.14. The first kappa shape index (κ1) is 14.3. The van der Waals surface area contributed by atoms with Gasteiger partial charge in [0, 0.05) is 18.6 Å². The van der Waals surface area contributed by atoms with Crippen LogP contribution in [-0.4, -0.2) is 37.1 Å². The Balaban J connectivity index is 1.80. The lowest BCUT2D eigenvalue weighted by atomic mass is 9.86. The van der Waals surface area contributed by atoms with E-state index in [1.165, 1.54) is 51.5 Å². The van der Waals surface area contributed by atoms with Gasteiger partial charge in [0.25, 0.3) is 0 Å². The summed E-state index contributed by atoms with van der Waals surface area (Å²) in [7, 11) is 2.37. The Morgan fingerprint density at radius 1 is 1.11 bits per heavy atom. The monoisotopic (exact) mass is 252 g/mol. The van der Waals surface area contributed by atoms with Crippen LogP contribution in [-0.2, 0) is 0 Å². The van der Waals surface area contributed by atoms with E-state index in [1.807, 2.05) is 0 Å². The van der Waals surface area contributed by atoms with Crippen molar-refractivity contribution in [2.75, 3.05) is 20.1 Å². The van der Waals surface area contributed by atoms with Crippen LogP contribution in [0.15, 0.2) is 0 Å². The second-order valence-electron chi connectivity index (χ2n) is 6.72. The van der Waals surface area contributed by atoms with E-state index in [0.717, 1.165) is 30.5 Å². The Bertz CT molecular complexity index is 241. The third-order valence-electron chi connectivity index (χ3n) is 5.18. The second-order valence-corrected chi connectivity index (χ2v) is 6.72. The molecule has 0 bridgehead atoms. The van der Waals surface area contributed by atoms with Gasteiger partial charge in [-0.3, -0.25) is 0 Å². The lowest BCUT2D eigenvalue weighted by molar-refractivity contribution is 0.138. The maximum absolute atomic E-state index is 3.68. The molecule has 2 saturated carbocycles. The third kappa shape index (κ3) is 3.71. The van der Waals surface area contributed by atoms with Crippen molar-refractivity contribution in [3.63, 3.8) is 0 Å². The van der Waals surface area contributed by atoms with Crippen LogP contribution in [0.3, 0.4) is 0 Å². The summed E-state index contributed by atoms with van der Waals surface area (Å²) >= 11 is 0. The summed E-state index contributed by atoms with van der Waals surface area (Å²) in [5.41, 5.74) is 0. The molecule has 106 valence electrons. The Kier molecular flexibility index (Phi) is 5.50. The van der Waals surface area contributed by atoms with E-state index in [4.69, 9.17) is 0 Å². The number of nitrogens with one attached hydrogen (secondary N) is 1. The van der Waals surface area contributed by atoms with Crippen LogP contribution >= 0.6 is 0 Å². The number of hydrogen-bond donors (Lipinski definition) is 1. The van der Waals surface area contributed by atoms with Crippen LogP contribution < -0.4 is 5.32 Å². The Labute approximate surface area is 114 Å². The highest BCUT2D eigenvalue weighted by molar-refractivity contribution is 4.86. The molecule has 4 unspecified atom stereocenters. The van der Waals surface area contributed by atoms with E-state index in [1.54, 1.807) is 0 Å². The first-order chi connectivity index (χ1) is 8.70. The number of nitrogens with zero attached hydrogens (tertiary/aromatic N) is 1. The van der Waals surface area contributed by atoms with Gasteiger partial charge in [-0.25, -0.2) is 0 Å². The van der Waals surface area contributed by atoms with Crippen molar-refractivity contribution >= 4 is 0 Å². The maximum Gasteiger partial charge on any atom is 0.0107 e. The predicted molar refractivity (Wildman–Crippen MR) is 78.9 cm³/mol. The van der Waals surface area contributed by atoms with Gasteiger partial charge < -0.3 is 10.2 Å². The normalized spacial score (nSPS) is 37.3. The highest BCUT2D eigenvalue weighted by atomic mass is 15.1. The molecular weight excluding hydrogens is 220 g/mol. The third-order valence-corrected chi connectivity index (χ3v) is 5.18. The van der Waals surface area contributed by atoms with E-state index in [9.17, 15) is 0 Å². The Hall–Kier alpha value is -0.0800. The van der Waals surface area contributed by atoms with E-state index < -0.39 is 0 Å². The zero-order valence-corrected chi connectivity index (χ0v) is 12.6. The topological polar surface area (TPSA) is 15.3 Å². The van der Waals surface area contributed by atoms with Gasteiger partial charge in [-0.1, -0.05) is 33.1 Å². The summed E-state index contributed by atoms with van der Waals surface area (Å²) in [6.07, 6.45) is 10.0. The molecule has 2 fully saturated rings. The highest BCUT2D eigenvalue weighted by Crippen LogP contribution is 2.30. The molecule has 0 spiro atoms. The molecular formula is C16H32N2. The molecule has 0 radical (unpaired) electrons. The summed E-state index contributed by atoms with van der Waals surface area (Å²) in [6, 6.07) is 1.65. The van der Waals surface area contributed by atoms with Crippen LogP contribution in [0.25, 0.3) is 0 Å². The maximum atomic E-state index is 3.68. The smallest absolute Gasteiger partial charge is 0.0107 e. The molecule has 18 heavy (non-hydrogen) atoms. The van der Waals surface area contributed by atoms with Gasteiger partial charge >= 0.3 is 0 Å². The Morgan fingerprint density at radius 3 is 2.61 bits per heavy atom. The molecule has 0 aromatic heterocycles. The first-order valence-corrected chi connectivity index (χ1v) is 8.14. The fourth-order valence-corrected chi connectivity index (χ4v) is 4.11. The molecule has 4 atom stereocenters. The minimum absolute atomic E-state index is 0.790. The quantitative estimate of drug-likeness (QED) is 0.808. The summed E-state index contributed by atoms with van der Waals surface area (Å²) in [4.78, 5) is 2.68. The van der Waals surface area contributed by atoms with E-state index in [2.05, 4.69) is 31.1 Å². The van der Waals surface area contributed by atoms with Crippen LogP contribution in [0.2, 0.25) is 0 Å². The van der Waals surface area contributed by atoms with Gasteiger partial charge in [0.15, 0.2) is 0 Å². The average molecular weight is 252 g/mol. The lowest BCUT2D eigenvalue weighted by Gasteiger charge is -2.36. The van der Waals surface area contributed by atoms with Gasteiger partial charge in [-0.2, -0.15) is 0 Å². The van der Waals surface area contributed by atoms with Crippen molar-refractivity contribution in [1.82, 2.24) is 10.2 Å². The van der Waals surface area contributed by atoms with Crippen LogP contribution in [0, 0.1) is 11.8 Å². The van der Waals surface area contributed by atoms with Crippen molar-refractivity contribution in [3.8, 4) is 0 Å². The number of hydrogen-bond acceptors (Lipinski definition) is 2. The molecule has 2 rings (SSSR count). The van der Waals surface area contributed by atoms with Gasteiger partial charge in [-0.05, 0) is 51.1 Å². The lowest BCUT2D eigenvalue weighted by Crippen LogP contribution is -2.43. The predicted octanol–water partition coefficient (Wildman–Crippen LogP) is 3.28. The van der Waals surface area contributed by atoms with Crippen molar-refractivity contribution in [1.29, 1.82) is 0 Å². The van der Waals surface area contributed by atoms with E-state index >= 15 is 0 Å². The van der Waals surface area contributed by atoms with Crippen LogP contribution in [0.5, 0.6) is 0 Å². The molecule has 2 aliphatic rings. The van der Waals surface area contributed by atoms with Crippen molar-refractivity contribution in [2.24, 2.45) is 11.8 Å². The van der Waals surface area contributed by atoms with Crippen LogP contribution in [0.1, 0.15) is 58.8 Å². The van der Waals surface area contributed by atoms with Gasteiger partial charge in [-0.15, -0.1) is 0 Å². The molecule has 2 nitrogen and oxygen atoms in total. The minimum Gasteiger partial charge on any atom is -0.314 e. The molecule has 0 amide bonds. The minimum atomic E-state index is 0.790. The summed E-state index contributed by atoms with van der Waals surface area (Å²) in [6.45, 7) is 7.11.